The van der Waals surface area contributed by atoms with E-state index in [1.807, 2.05) is 0 Å². The monoisotopic (exact) mass is 275 g/mol. The third-order valence-electron chi connectivity index (χ3n) is 3.13. The maximum absolute atomic E-state index is 10.6. The largest absolute Gasteiger partial charge is 0.406 e. The molecule has 1 aromatic heterocycles. The number of rotatable bonds is 4. The fraction of sp³-hybridized carbons (Fsp3) is 0.333. The fourth-order valence-electron chi connectivity index (χ4n) is 2.11. The molecule has 0 radical (unpaired) electrons. The Morgan fingerprint density at radius 1 is 1.35 bits per heavy atom. The molecule has 20 heavy (non-hydrogen) atoms. The van der Waals surface area contributed by atoms with Gasteiger partial charge in [-0.15, -0.1) is 5.10 Å². The van der Waals surface area contributed by atoms with Gasteiger partial charge in [-0.3, -0.25) is 10.1 Å². The van der Waals surface area contributed by atoms with Crippen molar-refractivity contribution in [2.45, 2.75) is 18.9 Å². The second kappa shape index (κ2) is 5.25. The van der Waals surface area contributed by atoms with Gasteiger partial charge in [0.25, 0.3) is 5.69 Å². The van der Waals surface area contributed by atoms with Crippen LogP contribution in [0.15, 0.2) is 28.7 Å². The van der Waals surface area contributed by atoms with Gasteiger partial charge in [-0.25, -0.2) is 0 Å². The number of non-ortho nitro benzene ring substituents is 1. The Morgan fingerprint density at radius 2 is 2.15 bits per heavy atom. The molecule has 0 spiro atoms. The Hall–Kier alpha value is -2.48. The van der Waals surface area contributed by atoms with E-state index in [1.165, 1.54) is 12.1 Å². The molecule has 1 aliphatic rings. The van der Waals surface area contributed by atoms with Crippen molar-refractivity contribution < 1.29 is 9.34 Å². The maximum atomic E-state index is 10.6. The number of hydrogen-bond acceptors (Lipinski definition) is 7. The number of benzene rings is 1. The molecule has 8 heteroatoms. The Bertz CT molecular complexity index is 604. The summed E-state index contributed by atoms with van der Waals surface area (Å²) in [7, 11) is 0. The molecule has 8 nitrogen and oxygen atoms in total. The lowest BCUT2D eigenvalue weighted by Gasteiger charge is -2.03. The van der Waals surface area contributed by atoms with Crippen LogP contribution in [0.1, 0.15) is 24.8 Å². The van der Waals surface area contributed by atoms with Crippen molar-refractivity contribution in [3.8, 4) is 0 Å². The highest BCUT2D eigenvalue weighted by Crippen LogP contribution is 2.24. The number of nitro groups is 1. The quantitative estimate of drug-likeness (QED) is 0.650. The second-order valence-corrected chi connectivity index (χ2v) is 4.52. The molecule has 104 valence electrons. The first kappa shape index (κ1) is 12.5. The minimum absolute atomic E-state index is 0.0388. The Labute approximate surface area is 114 Å². The first-order valence-corrected chi connectivity index (χ1v) is 6.30. The van der Waals surface area contributed by atoms with Gasteiger partial charge in [-0.05, 0) is 31.5 Å². The summed E-state index contributed by atoms with van der Waals surface area (Å²) >= 11 is 0. The zero-order chi connectivity index (χ0) is 13.9. The van der Waals surface area contributed by atoms with Crippen LogP contribution >= 0.6 is 0 Å². The molecule has 2 heterocycles. The van der Waals surface area contributed by atoms with Crippen LogP contribution in [-0.4, -0.2) is 21.7 Å². The first-order chi connectivity index (χ1) is 9.72. The van der Waals surface area contributed by atoms with Crippen LogP contribution in [-0.2, 0) is 0 Å². The van der Waals surface area contributed by atoms with E-state index in [2.05, 4.69) is 20.8 Å². The molecular weight excluding hydrogens is 262 g/mol. The first-order valence-electron chi connectivity index (χ1n) is 6.30. The zero-order valence-electron chi connectivity index (χ0n) is 10.6. The molecule has 2 aromatic rings. The van der Waals surface area contributed by atoms with Gasteiger partial charge in [0.2, 0.25) is 5.89 Å². The summed E-state index contributed by atoms with van der Waals surface area (Å²) in [5, 5.41) is 24.7. The minimum atomic E-state index is -0.444. The Morgan fingerprint density at radius 3 is 2.80 bits per heavy atom. The van der Waals surface area contributed by atoms with E-state index in [9.17, 15) is 10.1 Å². The molecule has 1 aliphatic heterocycles. The summed E-state index contributed by atoms with van der Waals surface area (Å²) < 4.78 is 5.52. The molecule has 0 unspecified atom stereocenters. The molecule has 1 fully saturated rings. The van der Waals surface area contributed by atoms with Gasteiger partial charge >= 0.3 is 6.01 Å². The molecule has 1 aromatic carbocycles. The van der Waals surface area contributed by atoms with Crippen LogP contribution in [0, 0.1) is 10.1 Å². The molecular formula is C12H13N5O3. The Balaban J connectivity index is 1.69. The highest BCUT2D eigenvalue weighted by molar-refractivity contribution is 5.54. The highest BCUT2D eigenvalue weighted by atomic mass is 16.6. The van der Waals surface area contributed by atoms with E-state index >= 15 is 0 Å². The van der Waals surface area contributed by atoms with Crippen LogP contribution in [0.25, 0.3) is 0 Å². The van der Waals surface area contributed by atoms with Crippen LogP contribution in [0.3, 0.4) is 0 Å². The summed E-state index contributed by atoms with van der Waals surface area (Å²) in [6, 6.07) is 6.42. The van der Waals surface area contributed by atoms with Crippen molar-refractivity contribution in [3.05, 3.63) is 40.3 Å². The van der Waals surface area contributed by atoms with Gasteiger partial charge in [0.05, 0.1) is 11.0 Å². The second-order valence-electron chi connectivity index (χ2n) is 4.52. The average Bonchev–Trinajstić information content (AvgIpc) is 3.09. The van der Waals surface area contributed by atoms with Gasteiger partial charge in [0.1, 0.15) is 0 Å². The molecule has 0 saturated carbocycles. The minimum Gasteiger partial charge on any atom is -0.406 e. The number of nitro benzene ring substituents is 1. The third kappa shape index (κ3) is 2.59. The van der Waals surface area contributed by atoms with Gasteiger partial charge < -0.3 is 15.1 Å². The topological polar surface area (TPSA) is 106 Å². The average molecular weight is 275 g/mol. The van der Waals surface area contributed by atoms with Crippen molar-refractivity contribution in [2.24, 2.45) is 0 Å². The van der Waals surface area contributed by atoms with Gasteiger partial charge in [0, 0.05) is 17.8 Å². The van der Waals surface area contributed by atoms with Gasteiger partial charge in [0.15, 0.2) is 0 Å². The molecule has 0 bridgehead atoms. The van der Waals surface area contributed by atoms with Crippen LogP contribution in [0.5, 0.6) is 0 Å². The number of nitrogens with zero attached hydrogens (tertiary/aromatic N) is 3. The smallest absolute Gasteiger partial charge is 0.320 e. The van der Waals surface area contributed by atoms with E-state index in [-0.39, 0.29) is 17.7 Å². The standard InChI is InChI=1S/C12H13N5O3/c18-17(19)9-5-3-8(4-6-9)14-12-16-15-11(20-12)10-2-1-7-13-10/h3-6,10,13H,1-2,7H2,(H,14,16)/t10-/m0/s1. The molecule has 1 saturated heterocycles. The van der Waals surface area contributed by atoms with Crippen molar-refractivity contribution in [1.29, 1.82) is 0 Å². The van der Waals surface area contributed by atoms with E-state index in [1.54, 1.807) is 12.1 Å². The van der Waals surface area contributed by atoms with Gasteiger partial charge in [-0.2, -0.15) is 0 Å². The van der Waals surface area contributed by atoms with Crippen molar-refractivity contribution in [2.75, 3.05) is 11.9 Å². The van der Waals surface area contributed by atoms with Crippen LogP contribution < -0.4 is 10.6 Å². The lowest BCUT2D eigenvalue weighted by molar-refractivity contribution is -0.384. The SMILES string of the molecule is O=[N+]([O-])c1ccc(Nc2nnc([C@@H]3CCCN3)o2)cc1. The zero-order valence-corrected chi connectivity index (χ0v) is 10.6. The predicted molar refractivity (Wildman–Crippen MR) is 70.7 cm³/mol. The van der Waals surface area contributed by atoms with Gasteiger partial charge in [-0.1, -0.05) is 5.10 Å². The van der Waals surface area contributed by atoms with E-state index in [4.69, 9.17) is 4.42 Å². The van der Waals surface area contributed by atoms with E-state index in [0.717, 1.165) is 19.4 Å². The van der Waals surface area contributed by atoms with Crippen molar-refractivity contribution in [1.82, 2.24) is 15.5 Å². The summed E-state index contributed by atoms with van der Waals surface area (Å²) in [5.41, 5.74) is 0.696. The summed E-state index contributed by atoms with van der Waals surface area (Å²) in [6.07, 6.45) is 2.08. The van der Waals surface area contributed by atoms with Crippen LogP contribution in [0.4, 0.5) is 17.4 Å². The Kier molecular flexibility index (Phi) is 3.30. The number of aromatic nitrogens is 2. The third-order valence-corrected chi connectivity index (χ3v) is 3.13. The molecule has 0 amide bonds. The maximum Gasteiger partial charge on any atom is 0.320 e. The van der Waals surface area contributed by atoms with Crippen molar-refractivity contribution >= 4 is 17.4 Å². The molecule has 2 N–H and O–H groups in total. The van der Waals surface area contributed by atoms with Crippen molar-refractivity contribution in [3.63, 3.8) is 0 Å². The molecule has 0 aliphatic carbocycles. The number of hydrogen-bond donors (Lipinski definition) is 2. The van der Waals surface area contributed by atoms with E-state index < -0.39 is 4.92 Å². The number of anilines is 2. The molecule has 1 atom stereocenters. The van der Waals surface area contributed by atoms with E-state index in [0.29, 0.717) is 11.6 Å². The van der Waals surface area contributed by atoms with Crippen LogP contribution in [0.2, 0.25) is 0 Å². The number of nitrogens with one attached hydrogen (secondary N) is 2. The summed E-state index contributed by atoms with van der Waals surface area (Å²) in [5.74, 6) is 0.562. The predicted octanol–water partition coefficient (Wildman–Crippen LogP) is 2.15. The summed E-state index contributed by atoms with van der Waals surface area (Å²) in [6.45, 7) is 0.957. The lowest BCUT2D eigenvalue weighted by atomic mass is 10.2. The fourth-order valence-corrected chi connectivity index (χ4v) is 2.11. The summed E-state index contributed by atoms with van der Waals surface area (Å²) in [4.78, 5) is 10.1. The molecule has 3 rings (SSSR count). The highest BCUT2D eigenvalue weighted by Gasteiger charge is 2.22. The lowest BCUT2D eigenvalue weighted by Crippen LogP contribution is -2.12. The normalized spacial score (nSPS) is 18.1.